The van der Waals surface area contributed by atoms with Gasteiger partial charge in [-0.05, 0) is 51.2 Å². The standard InChI is InChI=1S/C15H22N2O3S/c1-15(2,3)17-14(21)16-13(18)9-10-8-11(19-4)6-7-12(10)20-5/h6-8H,9H2,1-5H3,(H2,16,17,18,21). The number of benzene rings is 1. The van der Waals surface area contributed by atoms with Crippen molar-refractivity contribution in [2.24, 2.45) is 0 Å². The Bertz CT molecular complexity index is 524. The number of amides is 1. The molecule has 0 aliphatic rings. The topological polar surface area (TPSA) is 59.6 Å². The molecule has 0 unspecified atom stereocenters. The third-order valence-corrected chi connectivity index (χ3v) is 2.78. The molecule has 116 valence electrons. The number of hydrogen-bond acceptors (Lipinski definition) is 4. The molecule has 0 spiro atoms. The van der Waals surface area contributed by atoms with Crippen molar-refractivity contribution in [1.82, 2.24) is 10.6 Å². The molecule has 0 aliphatic heterocycles. The molecule has 0 aromatic heterocycles. The van der Waals surface area contributed by atoms with Crippen molar-refractivity contribution in [2.45, 2.75) is 32.7 Å². The summed E-state index contributed by atoms with van der Waals surface area (Å²) in [6.45, 7) is 5.91. The highest BCUT2D eigenvalue weighted by Gasteiger charge is 2.15. The van der Waals surface area contributed by atoms with Crippen molar-refractivity contribution in [2.75, 3.05) is 14.2 Å². The lowest BCUT2D eigenvalue weighted by Crippen LogP contribution is -2.48. The van der Waals surface area contributed by atoms with Crippen LogP contribution in [0.15, 0.2) is 18.2 Å². The van der Waals surface area contributed by atoms with Crippen molar-refractivity contribution >= 4 is 23.2 Å². The van der Waals surface area contributed by atoms with E-state index in [9.17, 15) is 4.79 Å². The van der Waals surface area contributed by atoms with E-state index in [1.807, 2.05) is 20.8 Å². The summed E-state index contributed by atoms with van der Waals surface area (Å²) in [7, 11) is 3.14. The maximum atomic E-state index is 12.0. The average molecular weight is 310 g/mol. The predicted molar refractivity (Wildman–Crippen MR) is 86.9 cm³/mol. The number of nitrogens with one attached hydrogen (secondary N) is 2. The molecule has 1 aromatic carbocycles. The molecule has 2 N–H and O–H groups in total. The summed E-state index contributed by atoms with van der Waals surface area (Å²) >= 11 is 5.11. The largest absolute Gasteiger partial charge is 0.497 e. The fourth-order valence-corrected chi connectivity index (χ4v) is 2.16. The summed E-state index contributed by atoms with van der Waals surface area (Å²) in [5.41, 5.74) is 0.547. The first-order chi connectivity index (χ1) is 9.75. The quantitative estimate of drug-likeness (QED) is 0.834. The molecule has 1 rings (SSSR count). The third kappa shape index (κ3) is 5.99. The van der Waals surface area contributed by atoms with E-state index in [4.69, 9.17) is 21.7 Å². The lowest BCUT2D eigenvalue weighted by Gasteiger charge is -2.22. The maximum absolute atomic E-state index is 12.0. The molecular formula is C15H22N2O3S. The molecule has 6 heteroatoms. The van der Waals surface area contributed by atoms with Crippen LogP contribution in [-0.2, 0) is 11.2 Å². The van der Waals surface area contributed by atoms with E-state index in [0.717, 1.165) is 5.56 Å². The highest BCUT2D eigenvalue weighted by atomic mass is 32.1. The Kier molecular flexibility index (Phi) is 5.96. The van der Waals surface area contributed by atoms with Crippen LogP contribution in [-0.4, -0.2) is 30.8 Å². The summed E-state index contributed by atoms with van der Waals surface area (Å²) < 4.78 is 10.4. The minimum atomic E-state index is -0.205. The van der Waals surface area contributed by atoms with Gasteiger partial charge in [0, 0.05) is 11.1 Å². The van der Waals surface area contributed by atoms with Crippen LogP contribution in [0.5, 0.6) is 11.5 Å². The molecule has 0 bridgehead atoms. The molecule has 0 saturated carbocycles. The van der Waals surface area contributed by atoms with Crippen molar-refractivity contribution in [3.05, 3.63) is 23.8 Å². The molecule has 1 amide bonds. The number of carbonyl (C=O) groups is 1. The Balaban J connectivity index is 2.72. The second-order valence-corrected chi connectivity index (χ2v) is 6.02. The van der Waals surface area contributed by atoms with Gasteiger partial charge in [0.15, 0.2) is 5.11 Å². The molecule has 0 fully saturated rings. The van der Waals surface area contributed by atoms with Gasteiger partial charge >= 0.3 is 0 Å². The van der Waals surface area contributed by atoms with Crippen LogP contribution in [0.3, 0.4) is 0 Å². The van der Waals surface area contributed by atoms with E-state index in [0.29, 0.717) is 16.6 Å². The van der Waals surface area contributed by atoms with E-state index >= 15 is 0 Å². The van der Waals surface area contributed by atoms with Crippen LogP contribution in [0.2, 0.25) is 0 Å². The van der Waals surface area contributed by atoms with Gasteiger partial charge in [-0.2, -0.15) is 0 Å². The third-order valence-electron chi connectivity index (χ3n) is 2.58. The van der Waals surface area contributed by atoms with Crippen molar-refractivity contribution in [3.63, 3.8) is 0 Å². The van der Waals surface area contributed by atoms with E-state index in [1.165, 1.54) is 0 Å². The van der Waals surface area contributed by atoms with Crippen LogP contribution >= 0.6 is 12.2 Å². The Hall–Kier alpha value is -1.82. The molecule has 5 nitrogen and oxygen atoms in total. The maximum Gasteiger partial charge on any atom is 0.230 e. The highest BCUT2D eigenvalue weighted by Crippen LogP contribution is 2.24. The van der Waals surface area contributed by atoms with Gasteiger partial charge in [0.1, 0.15) is 11.5 Å². The predicted octanol–water partition coefficient (Wildman–Crippen LogP) is 2.04. The van der Waals surface area contributed by atoms with Crippen molar-refractivity contribution in [1.29, 1.82) is 0 Å². The zero-order valence-corrected chi connectivity index (χ0v) is 13.9. The van der Waals surface area contributed by atoms with E-state index in [-0.39, 0.29) is 17.9 Å². The molecular weight excluding hydrogens is 288 g/mol. The summed E-state index contributed by atoms with van der Waals surface area (Å²) in [4.78, 5) is 12.0. The number of ether oxygens (including phenoxy) is 2. The molecule has 0 saturated heterocycles. The smallest absolute Gasteiger partial charge is 0.230 e. The second-order valence-electron chi connectivity index (χ2n) is 5.61. The van der Waals surface area contributed by atoms with Crippen molar-refractivity contribution < 1.29 is 14.3 Å². The number of carbonyl (C=O) groups excluding carboxylic acids is 1. The lowest BCUT2D eigenvalue weighted by molar-refractivity contribution is -0.119. The fraction of sp³-hybridized carbons (Fsp3) is 0.467. The molecule has 1 aromatic rings. The molecule has 0 radical (unpaired) electrons. The summed E-state index contributed by atoms with van der Waals surface area (Å²) in [6, 6.07) is 5.33. The number of thiocarbonyl (C=S) groups is 1. The Morgan fingerprint density at radius 2 is 1.90 bits per heavy atom. The summed E-state index contributed by atoms with van der Waals surface area (Å²) in [5.74, 6) is 1.11. The number of rotatable bonds is 4. The zero-order valence-electron chi connectivity index (χ0n) is 13.1. The molecule has 0 heterocycles. The van der Waals surface area contributed by atoms with Gasteiger partial charge in [-0.15, -0.1) is 0 Å². The van der Waals surface area contributed by atoms with E-state index in [1.54, 1.807) is 32.4 Å². The molecule has 0 atom stereocenters. The average Bonchev–Trinajstić information content (AvgIpc) is 2.35. The van der Waals surface area contributed by atoms with Gasteiger partial charge in [-0.25, -0.2) is 0 Å². The van der Waals surface area contributed by atoms with Gasteiger partial charge in [0.2, 0.25) is 5.91 Å². The monoisotopic (exact) mass is 310 g/mol. The fourth-order valence-electron chi connectivity index (χ4n) is 1.74. The van der Waals surface area contributed by atoms with Gasteiger partial charge in [-0.3, -0.25) is 4.79 Å². The molecule has 0 aliphatic carbocycles. The number of hydrogen-bond donors (Lipinski definition) is 2. The van der Waals surface area contributed by atoms with Crippen LogP contribution < -0.4 is 20.1 Å². The summed E-state index contributed by atoms with van der Waals surface area (Å²) in [6.07, 6.45) is 0.159. The number of methoxy groups -OCH3 is 2. The highest BCUT2D eigenvalue weighted by molar-refractivity contribution is 7.80. The lowest BCUT2D eigenvalue weighted by atomic mass is 10.1. The Morgan fingerprint density at radius 3 is 2.43 bits per heavy atom. The first-order valence-corrected chi connectivity index (χ1v) is 6.99. The van der Waals surface area contributed by atoms with Crippen LogP contribution in [0, 0.1) is 0 Å². The normalized spacial score (nSPS) is 10.7. The van der Waals surface area contributed by atoms with E-state index < -0.39 is 0 Å². The minimum absolute atomic E-state index is 0.159. The first kappa shape index (κ1) is 17.2. The van der Waals surface area contributed by atoms with Gasteiger partial charge < -0.3 is 20.1 Å². The minimum Gasteiger partial charge on any atom is -0.497 e. The van der Waals surface area contributed by atoms with Crippen LogP contribution in [0.25, 0.3) is 0 Å². The Labute approximate surface area is 131 Å². The molecule has 21 heavy (non-hydrogen) atoms. The summed E-state index contributed by atoms with van der Waals surface area (Å²) in [5, 5.41) is 6.00. The van der Waals surface area contributed by atoms with Crippen LogP contribution in [0.4, 0.5) is 0 Å². The zero-order chi connectivity index (χ0) is 16.0. The Morgan fingerprint density at radius 1 is 1.24 bits per heavy atom. The van der Waals surface area contributed by atoms with Crippen LogP contribution in [0.1, 0.15) is 26.3 Å². The van der Waals surface area contributed by atoms with Gasteiger partial charge in [-0.1, -0.05) is 0 Å². The van der Waals surface area contributed by atoms with Crippen molar-refractivity contribution in [3.8, 4) is 11.5 Å². The first-order valence-electron chi connectivity index (χ1n) is 6.58. The van der Waals surface area contributed by atoms with Gasteiger partial charge in [0.25, 0.3) is 0 Å². The van der Waals surface area contributed by atoms with E-state index in [2.05, 4.69) is 10.6 Å². The SMILES string of the molecule is COc1ccc(OC)c(CC(=O)NC(=S)NC(C)(C)C)c1. The van der Waals surface area contributed by atoms with Gasteiger partial charge in [0.05, 0.1) is 20.6 Å². The second kappa shape index (κ2) is 7.26.